The average molecular weight is 1150 g/mol. The summed E-state index contributed by atoms with van der Waals surface area (Å²) in [6, 6.07) is 118. The molecule has 12 aromatic carbocycles. The third-order valence-electron chi connectivity index (χ3n) is 12.4. The van der Waals surface area contributed by atoms with Gasteiger partial charge in [0.15, 0.2) is 49.8 Å². The van der Waals surface area contributed by atoms with Crippen molar-refractivity contribution < 1.29 is 4.79 Å². The summed E-state index contributed by atoms with van der Waals surface area (Å²) in [6.45, 7) is 0. The summed E-state index contributed by atoms with van der Waals surface area (Å²) in [6.07, 6.45) is 0. The summed E-state index contributed by atoms with van der Waals surface area (Å²) in [7, 11) is -0.266. The van der Waals surface area contributed by atoms with Crippen molar-refractivity contribution in [1.29, 1.82) is 0 Å². The molecule has 0 aromatic heterocycles. The Morgan fingerprint density at radius 1 is 0.250 bits per heavy atom. The number of hydrogen-bond donors (Lipinski definition) is 0. The molecule has 0 atom stereocenters. The van der Waals surface area contributed by atoms with E-state index in [0.29, 0.717) is 16.1 Å². The van der Waals surface area contributed by atoms with E-state index in [9.17, 15) is 4.79 Å². The standard InChI is InChI=1S/C31H22ClOS2.C24H19S2.C18H15S/c32-29-22-24(31(33)23-10-4-1-5-11-23)16-21-30(29)34-25-17-19-28(20-18-25)35(26-12-6-2-7-13-26)27-14-8-3-9-15-27;1-4-10-20(11-5-1)25-21-16-18-24(19-17-21)26(22-12-6-2-7-13-22)23-14-8-3-9-15-23;1-4-10-16(11-5-1)19(17-12-6-2-7-13-17)18-14-8-3-9-15-18/h1-22H;1-19H;1-15H/q3*+1. The minimum Gasteiger partial charge on any atom is -0.289 e. The fourth-order valence-electron chi connectivity index (χ4n) is 8.64. The Balaban J connectivity index is 0.000000141. The van der Waals surface area contributed by atoms with Crippen molar-refractivity contribution in [3.8, 4) is 0 Å². The van der Waals surface area contributed by atoms with Crippen molar-refractivity contribution in [3.63, 3.8) is 0 Å². The molecule has 12 rings (SSSR count). The van der Waals surface area contributed by atoms with Gasteiger partial charge in [-0.05, 0) is 164 Å². The quantitative estimate of drug-likeness (QED) is 0.0752. The second-order valence-electron chi connectivity index (χ2n) is 17.9. The molecule has 0 saturated carbocycles. The summed E-state index contributed by atoms with van der Waals surface area (Å²) in [5, 5.41) is 0.578. The van der Waals surface area contributed by atoms with Gasteiger partial charge in [-0.2, -0.15) is 0 Å². The van der Waals surface area contributed by atoms with Gasteiger partial charge in [-0.1, -0.05) is 211 Å². The lowest BCUT2D eigenvalue weighted by molar-refractivity contribution is 0.103. The molecule has 0 unspecified atom stereocenters. The summed E-state index contributed by atoms with van der Waals surface area (Å²) in [5.74, 6) is -0.0257. The molecule has 1 nitrogen and oxygen atoms in total. The van der Waals surface area contributed by atoms with Gasteiger partial charge in [-0.25, -0.2) is 0 Å². The first-order chi connectivity index (χ1) is 39.5. The molecule has 0 N–H and O–H groups in total. The molecule has 0 fully saturated rings. The van der Waals surface area contributed by atoms with E-state index in [2.05, 4.69) is 291 Å². The zero-order valence-corrected chi connectivity index (χ0v) is 48.5. The zero-order valence-electron chi connectivity index (χ0n) is 43.7. The van der Waals surface area contributed by atoms with Crippen LogP contribution in [0.4, 0.5) is 0 Å². The first kappa shape index (κ1) is 55.7. The van der Waals surface area contributed by atoms with Crippen LogP contribution in [0, 0.1) is 0 Å². The number of hydrogen-bond acceptors (Lipinski definition) is 3. The molecular weight excluding hydrogens is 1090 g/mol. The Bertz CT molecular complexity index is 3580. The van der Waals surface area contributed by atoms with Gasteiger partial charge in [0, 0.05) is 30.7 Å². The van der Waals surface area contributed by atoms with Crippen molar-refractivity contribution in [3.05, 3.63) is 356 Å². The third kappa shape index (κ3) is 15.2. The number of rotatable bonds is 15. The summed E-state index contributed by atoms with van der Waals surface area (Å²) in [4.78, 5) is 29.3. The van der Waals surface area contributed by atoms with Crippen molar-refractivity contribution in [2.24, 2.45) is 0 Å². The molecule has 0 aliphatic heterocycles. The fraction of sp³-hybridized carbons (Fsp3) is 0. The van der Waals surface area contributed by atoms with Crippen LogP contribution in [0.2, 0.25) is 5.02 Å². The fourth-order valence-corrected chi connectivity index (χ4v) is 16.9. The summed E-state index contributed by atoms with van der Waals surface area (Å²) >= 11 is 9.99. The number of carbonyl (C=O) groups excluding carboxylic acids is 1. The van der Waals surface area contributed by atoms with Gasteiger partial charge in [-0.15, -0.1) is 0 Å². The SMILES string of the molecule is O=C(c1ccccc1)c1ccc(Sc2ccc([S+](c3ccccc3)c3ccccc3)cc2)c(Cl)c1.c1ccc(Sc2ccc([S+](c3ccccc3)c3ccccc3)cc2)cc1.c1ccc([S+](c2ccccc2)c2ccccc2)cc1. The van der Waals surface area contributed by atoms with Crippen molar-refractivity contribution in [1.82, 2.24) is 0 Å². The molecular formula is C73H56ClOS5+3. The van der Waals surface area contributed by atoms with Gasteiger partial charge < -0.3 is 0 Å². The monoisotopic (exact) mass is 1140 g/mol. The highest BCUT2D eigenvalue weighted by molar-refractivity contribution is 8.00. The van der Waals surface area contributed by atoms with Crippen LogP contribution in [-0.2, 0) is 32.7 Å². The Morgan fingerprint density at radius 3 is 0.800 bits per heavy atom. The van der Waals surface area contributed by atoms with Gasteiger partial charge in [0.1, 0.15) is 0 Å². The molecule has 80 heavy (non-hydrogen) atoms. The van der Waals surface area contributed by atoms with Crippen LogP contribution in [0.5, 0.6) is 0 Å². The molecule has 0 spiro atoms. The normalized spacial score (nSPS) is 10.8. The maximum absolute atomic E-state index is 12.7. The predicted octanol–water partition coefficient (Wildman–Crippen LogP) is 20.5. The van der Waals surface area contributed by atoms with Crippen LogP contribution in [0.1, 0.15) is 15.9 Å². The molecule has 0 aliphatic rings. The molecule has 0 bridgehead atoms. The zero-order chi connectivity index (χ0) is 54.6. The summed E-state index contributed by atoms with van der Waals surface area (Å²) in [5.41, 5.74) is 1.25. The Kier molecular flexibility index (Phi) is 20.2. The highest BCUT2D eigenvalue weighted by Crippen LogP contribution is 2.38. The molecule has 0 saturated heterocycles. The first-order valence-electron chi connectivity index (χ1n) is 26.1. The van der Waals surface area contributed by atoms with Gasteiger partial charge >= 0.3 is 0 Å². The lowest BCUT2D eigenvalue weighted by Gasteiger charge is -2.10. The predicted molar refractivity (Wildman–Crippen MR) is 340 cm³/mol. The molecule has 12 aromatic rings. The largest absolute Gasteiger partial charge is 0.289 e. The third-order valence-corrected chi connectivity index (χ3v) is 21.6. The molecule has 0 amide bonds. The second-order valence-corrected chi connectivity index (χ2v) is 26.7. The van der Waals surface area contributed by atoms with Gasteiger partial charge in [-0.3, -0.25) is 4.79 Å². The second kappa shape index (κ2) is 29.0. The smallest absolute Gasteiger partial charge is 0.193 e. The number of halogens is 1. The van der Waals surface area contributed by atoms with E-state index in [1.807, 2.05) is 42.5 Å². The minimum atomic E-state index is -0.173. The maximum atomic E-state index is 12.7. The number of benzene rings is 12. The van der Waals surface area contributed by atoms with Gasteiger partial charge in [0.2, 0.25) is 0 Å². The first-order valence-corrected chi connectivity index (χ1v) is 31.8. The van der Waals surface area contributed by atoms with Crippen molar-refractivity contribution in [2.75, 3.05) is 0 Å². The number of carbonyl (C=O) groups is 1. The Hall–Kier alpha value is -7.65. The average Bonchev–Trinajstić information content (AvgIpc) is 3.53. The summed E-state index contributed by atoms with van der Waals surface area (Å²) < 4.78 is 0. The number of ketones is 1. The Morgan fingerprint density at radius 2 is 0.500 bits per heavy atom. The van der Waals surface area contributed by atoms with Crippen molar-refractivity contribution in [2.45, 2.75) is 63.6 Å². The van der Waals surface area contributed by atoms with E-state index in [4.69, 9.17) is 11.6 Å². The highest BCUT2D eigenvalue weighted by Gasteiger charge is 2.30. The van der Waals surface area contributed by atoms with E-state index in [0.717, 1.165) is 9.79 Å². The van der Waals surface area contributed by atoms with Crippen molar-refractivity contribution >= 4 is 73.6 Å². The van der Waals surface area contributed by atoms with E-state index in [1.54, 1.807) is 29.6 Å². The van der Waals surface area contributed by atoms with Crippen LogP contribution in [0.25, 0.3) is 0 Å². The van der Waals surface area contributed by atoms with E-state index in [-0.39, 0.29) is 38.5 Å². The van der Waals surface area contributed by atoms with E-state index in [1.165, 1.54) is 53.9 Å². The topological polar surface area (TPSA) is 17.1 Å². The van der Waals surface area contributed by atoms with E-state index >= 15 is 0 Å². The molecule has 0 radical (unpaired) electrons. The molecule has 7 heteroatoms. The Labute approximate surface area is 493 Å². The van der Waals surface area contributed by atoms with Crippen LogP contribution >= 0.6 is 35.1 Å². The van der Waals surface area contributed by atoms with E-state index < -0.39 is 0 Å². The maximum Gasteiger partial charge on any atom is 0.193 e. The van der Waals surface area contributed by atoms with Crippen LogP contribution < -0.4 is 0 Å². The van der Waals surface area contributed by atoms with Gasteiger partial charge in [0.05, 0.1) is 37.7 Å². The van der Waals surface area contributed by atoms with Crippen LogP contribution in [0.15, 0.2) is 403 Å². The molecule has 388 valence electrons. The molecule has 0 aliphatic carbocycles. The minimum absolute atomic E-state index is 0.0146. The highest BCUT2D eigenvalue weighted by atomic mass is 35.5. The van der Waals surface area contributed by atoms with Crippen LogP contribution in [-0.4, -0.2) is 5.78 Å². The molecule has 0 heterocycles. The lowest BCUT2D eigenvalue weighted by atomic mass is 10.0. The lowest BCUT2D eigenvalue weighted by Crippen LogP contribution is -2.04. The van der Waals surface area contributed by atoms with Crippen LogP contribution in [0.3, 0.4) is 0 Å². The van der Waals surface area contributed by atoms with Gasteiger partial charge in [0.25, 0.3) is 0 Å².